The molecule has 0 aliphatic carbocycles. The third kappa shape index (κ3) is 4.39. The average Bonchev–Trinajstić information content (AvgIpc) is 2.63. The number of likely N-dealkylation sites (tertiary alicyclic amines) is 1. The van der Waals surface area contributed by atoms with Crippen molar-refractivity contribution in [1.29, 1.82) is 0 Å². The molecule has 19 heavy (non-hydrogen) atoms. The second-order valence-corrected chi connectivity index (χ2v) is 6.00. The van der Waals surface area contributed by atoms with E-state index in [0.717, 1.165) is 22.5 Å². The summed E-state index contributed by atoms with van der Waals surface area (Å²) in [6.45, 7) is 5.83. The van der Waals surface area contributed by atoms with Crippen LogP contribution in [0.2, 0.25) is 0 Å². The summed E-state index contributed by atoms with van der Waals surface area (Å²) in [5, 5.41) is 3.64. The number of hydrogen-bond donors (Lipinski definition) is 1. The molecule has 4 heteroatoms. The van der Waals surface area contributed by atoms with E-state index in [1.807, 2.05) is 6.07 Å². The third-order valence-electron chi connectivity index (χ3n) is 3.75. The van der Waals surface area contributed by atoms with Crippen molar-refractivity contribution < 1.29 is 4.74 Å². The van der Waals surface area contributed by atoms with E-state index >= 15 is 0 Å². The molecule has 1 aliphatic heterocycles. The summed E-state index contributed by atoms with van der Waals surface area (Å²) in [4.78, 5) is 2.53. The van der Waals surface area contributed by atoms with Crippen LogP contribution in [0.1, 0.15) is 26.2 Å². The van der Waals surface area contributed by atoms with E-state index in [1.165, 1.54) is 32.4 Å². The van der Waals surface area contributed by atoms with E-state index in [0.29, 0.717) is 6.04 Å². The van der Waals surface area contributed by atoms with E-state index in [1.54, 1.807) is 7.11 Å². The predicted molar refractivity (Wildman–Crippen MR) is 84.1 cm³/mol. The van der Waals surface area contributed by atoms with E-state index < -0.39 is 0 Å². The molecule has 1 saturated heterocycles. The summed E-state index contributed by atoms with van der Waals surface area (Å²) in [5.41, 5.74) is 1.14. The molecule has 1 unspecified atom stereocenters. The second-order valence-electron chi connectivity index (χ2n) is 5.09. The Morgan fingerprint density at radius 3 is 2.89 bits per heavy atom. The lowest BCUT2D eigenvalue weighted by Crippen LogP contribution is -2.26. The van der Waals surface area contributed by atoms with Gasteiger partial charge >= 0.3 is 0 Å². The quantitative estimate of drug-likeness (QED) is 0.912. The highest BCUT2D eigenvalue weighted by atomic mass is 79.9. The molecule has 2 rings (SSSR count). The van der Waals surface area contributed by atoms with Gasteiger partial charge in [-0.3, -0.25) is 0 Å². The monoisotopic (exact) mass is 326 g/mol. The summed E-state index contributed by atoms with van der Waals surface area (Å²) < 4.78 is 6.36. The summed E-state index contributed by atoms with van der Waals surface area (Å²) in [6.07, 6.45) is 3.73. The molecule has 1 aromatic rings. The van der Waals surface area contributed by atoms with Crippen molar-refractivity contribution in [1.82, 2.24) is 4.90 Å². The topological polar surface area (TPSA) is 24.5 Å². The maximum absolute atomic E-state index is 5.31. The molecule has 1 N–H and O–H groups in total. The zero-order chi connectivity index (χ0) is 13.7. The molecule has 1 fully saturated rings. The normalized spacial score (nSPS) is 20.9. The Labute approximate surface area is 124 Å². The SMILES string of the molecule is CCN1CCCC(Nc2cc(Br)cc(OC)c2)CC1. The Kier molecular flexibility index (Phi) is 5.52. The lowest BCUT2D eigenvalue weighted by atomic mass is 10.1. The van der Waals surface area contributed by atoms with Crippen LogP contribution in [0.5, 0.6) is 5.75 Å². The third-order valence-corrected chi connectivity index (χ3v) is 4.20. The second kappa shape index (κ2) is 7.15. The largest absolute Gasteiger partial charge is 0.497 e. The number of hydrogen-bond acceptors (Lipinski definition) is 3. The minimum absolute atomic E-state index is 0.565. The van der Waals surface area contributed by atoms with Gasteiger partial charge < -0.3 is 15.0 Å². The summed E-state index contributed by atoms with van der Waals surface area (Å²) >= 11 is 3.53. The maximum atomic E-state index is 5.31. The maximum Gasteiger partial charge on any atom is 0.122 e. The van der Waals surface area contributed by atoms with Crippen LogP contribution in [-0.4, -0.2) is 37.7 Å². The smallest absolute Gasteiger partial charge is 0.122 e. The first-order valence-electron chi connectivity index (χ1n) is 7.04. The lowest BCUT2D eigenvalue weighted by Gasteiger charge is -2.19. The van der Waals surface area contributed by atoms with Crippen LogP contribution in [0.25, 0.3) is 0 Å². The summed E-state index contributed by atoms with van der Waals surface area (Å²) in [5.74, 6) is 0.890. The molecular weight excluding hydrogens is 304 g/mol. The van der Waals surface area contributed by atoms with Crippen LogP contribution in [-0.2, 0) is 0 Å². The van der Waals surface area contributed by atoms with Crippen LogP contribution >= 0.6 is 15.9 Å². The van der Waals surface area contributed by atoms with Crippen molar-refractivity contribution in [3.63, 3.8) is 0 Å². The van der Waals surface area contributed by atoms with Crippen LogP contribution in [0.15, 0.2) is 22.7 Å². The predicted octanol–water partition coefficient (Wildman–Crippen LogP) is 3.74. The fourth-order valence-electron chi connectivity index (χ4n) is 2.62. The van der Waals surface area contributed by atoms with Gasteiger partial charge in [-0.05, 0) is 44.5 Å². The van der Waals surface area contributed by atoms with Gasteiger partial charge in [-0.15, -0.1) is 0 Å². The van der Waals surface area contributed by atoms with Crippen LogP contribution in [0.4, 0.5) is 5.69 Å². The fraction of sp³-hybridized carbons (Fsp3) is 0.600. The number of nitrogens with zero attached hydrogens (tertiary/aromatic N) is 1. The highest BCUT2D eigenvalue weighted by Crippen LogP contribution is 2.26. The molecular formula is C15H23BrN2O. The highest BCUT2D eigenvalue weighted by Gasteiger charge is 2.16. The van der Waals surface area contributed by atoms with Gasteiger partial charge in [0, 0.05) is 28.8 Å². The average molecular weight is 327 g/mol. The Morgan fingerprint density at radius 2 is 2.16 bits per heavy atom. The van der Waals surface area contributed by atoms with E-state index in [4.69, 9.17) is 4.74 Å². The molecule has 0 saturated carbocycles. The molecule has 0 aromatic heterocycles. The number of benzene rings is 1. The zero-order valence-corrected chi connectivity index (χ0v) is 13.4. The first-order chi connectivity index (χ1) is 9.21. The van der Waals surface area contributed by atoms with Crippen molar-refractivity contribution in [2.75, 3.05) is 32.1 Å². The molecule has 0 amide bonds. The van der Waals surface area contributed by atoms with Gasteiger partial charge in [0.25, 0.3) is 0 Å². The van der Waals surface area contributed by atoms with Crippen molar-refractivity contribution in [3.8, 4) is 5.75 Å². The number of ether oxygens (including phenoxy) is 1. The Balaban J connectivity index is 1.98. The Hall–Kier alpha value is -0.740. The summed E-state index contributed by atoms with van der Waals surface area (Å²) in [6, 6.07) is 6.73. The number of methoxy groups -OCH3 is 1. The number of nitrogens with one attached hydrogen (secondary N) is 1. The van der Waals surface area contributed by atoms with Crippen molar-refractivity contribution in [3.05, 3.63) is 22.7 Å². The lowest BCUT2D eigenvalue weighted by molar-refractivity contribution is 0.300. The molecule has 1 aliphatic rings. The fourth-order valence-corrected chi connectivity index (χ4v) is 3.09. The van der Waals surface area contributed by atoms with Crippen molar-refractivity contribution in [2.24, 2.45) is 0 Å². The first-order valence-corrected chi connectivity index (χ1v) is 7.84. The minimum Gasteiger partial charge on any atom is -0.497 e. The zero-order valence-electron chi connectivity index (χ0n) is 11.8. The number of rotatable bonds is 4. The number of halogens is 1. The van der Waals surface area contributed by atoms with E-state index in [9.17, 15) is 0 Å². The van der Waals surface area contributed by atoms with Gasteiger partial charge in [-0.25, -0.2) is 0 Å². The van der Waals surface area contributed by atoms with E-state index in [-0.39, 0.29) is 0 Å². The van der Waals surface area contributed by atoms with Gasteiger partial charge in [0.1, 0.15) is 5.75 Å². The molecule has 3 nitrogen and oxygen atoms in total. The van der Waals surface area contributed by atoms with Gasteiger partial charge in [0.05, 0.1) is 7.11 Å². The van der Waals surface area contributed by atoms with Crippen molar-refractivity contribution >= 4 is 21.6 Å². The molecule has 1 aromatic carbocycles. The first kappa shape index (κ1) is 14.7. The van der Waals surface area contributed by atoms with Gasteiger partial charge in [-0.1, -0.05) is 22.9 Å². The van der Waals surface area contributed by atoms with Crippen LogP contribution in [0, 0.1) is 0 Å². The minimum atomic E-state index is 0.565. The number of anilines is 1. The van der Waals surface area contributed by atoms with Gasteiger partial charge in [0.15, 0.2) is 0 Å². The summed E-state index contributed by atoms with van der Waals surface area (Å²) in [7, 11) is 1.70. The molecule has 1 atom stereocenters. The highest BCUT2D eigenvalue weighted by molar-refractivity contribution is 9.10. The standard InChI is InChI=1S/C15H23BrN2O/c1-3-18-7-4-5-13(6-8-18)17-14-9-12(16)10-15(11-14)19-2/h9-11,13,17H,3-8H2,1-2H3. The molecule has 0 radical (unpaired) electrons. The molecule has 1 heterocycles. The van der Waals surface area contributed by atoms with Crippen LogP contribution in [0.3, 0.4) is 0 Å². The molecule has 106 valence electrons. The Bertz CT molecular complexity index is 411. The molecule has 0 spiro atoms. The van der Waals surface area contributed by atoms with E-state index in [2.05, 4.69) is 45.2 Å². The van der Waals surface area contributed by atoms with Crippen LogP contribution < -0.4 is 10.1 Å². The van der Waals surface area contributed by atoms with Gasteiger partial charge in [-0.2, -0.15) is 0 Å². The molecule has 0 bridgehead atoms. The van der Waals surface area contributed by atoms with Crippen molar-refractivity contribution in [2.45, 2.75) is 32.2 Å². The Morgan fingerprint density at radius 1 is 1.32 bits per heavy atom. The van der Waals surface area contributed by atoms with Gasteiger partial charge in [0.2, 0.25) is 0 Å².